The van der Waals surface area contributed by atoms with E-state index in [9.17, 15) is 4.79 Å². The number of piperidine rings is 1. The fraction of sp³-hybridized carbons (Fsp3) is 0.500. The summed E-state index contributed by atoms with van der Waals surface area (Å²) in [7, 11) is 0. The molecule has 1 aromatic rings. The lowest BCUT2D eigenvalue weighted by Gasteiger charge is -2.44. The first-order valence-electron chi connectivity index (χ1n) is 6.36. The van der Waals surface area contributed by atoms with Crippen molar-refractivity contribution >= 4 is 5.78 Å². The van der Waals surface area contributed by atoms with Gasteiger partial charge in [-0.2, -0.15) is 0 Å². The number of Topliss-reactive ketones (excluding diaryl/α,β-unsaturated/α-hetero) is 1. The number of carbonyl (C=O) groups excluding carboxylic acids is 1. The van der Waals surface area contributed by atoms with Crippen LogP contribution >= 0.6 is 0 Å². The summed E-state index contributed by atoms with van der Waals surface area (Å²) < 4.78 is 0. The van der Waals surface area contributed by atoms with E-state index >= 15 is 0 Å². The molecule has 0 aromatic heterocycles. The van der Waals surface area contributed by atoms with Crippen LogP contribution in [-0.4, -0.2) is 47.8 Å². The van der Waals surface area contributed by atoms with Gasteiger partial charge in [-0.1, -0.05) is 30.3 Å². The van der Waals surface area contributed by atoms with Gasteiger partial charge in [0.05, 0.1) is 6.04 Å². The molecule has 3 rings (SSSR count). The Balaban J connectivity index is 1.73. The molecular formula is C14H18N2O. The molecule has 2 saturated heterocycles. The van der Waals surface area contributed by atoms with Crippen LogP contribution in [0, 0.1) is 0 Å². The summed E-state index contributed by atoms with van der Waals surface area (Å²) in [5, 5.41) is 0. The van der Waals surface area contributed by atoms with Crippen molar-refractivity contribution in [3.63, 3.8) is 0 Å². The zero-order valence-corrected chi connectivity index (χ0v) is 10.0. The molecule has 17 heavy (non-hydrogen) atoms. The summed E-state index contributed by atoms with van der Waals surface area (Å²) in [5.74, 6) is 0.428. The van der Waals surface area contributed by atoms with E-state index in [1.165, 1.54) is 5.56 Å². The molecule has 90 valence electrons. The second-order valence-electron chi connectivity index (χ2n) is 4.99. The molecule has 0 N–H and O–H groups in total. The van der Waals surface area contributed by atoms with Gasteiger partial charge in [-0.3, -0.25) is 14.6 Å². The van der Waals surface area contributed by atoms with Gasteiger partial charge in [0.15, 0.2) is 5.78 Å². The number of carbonyl (C=O) groups is 1. The molecule has 2 aliphatic heterocycles. The van der Waals surface area contributed by atoms with Crippen molar-refractivity contribution in [3.05, 3.63) is 35.9 Å². The van der Waals surface area contributed by atoms with E-state index in [0.717, 1.165) is 39.1 Å². The Morgan fingerprint density at radius 1 is 1.12 bits per heavy atom. The monoisotopic (exact) mass is 230 g/mol. The van der Waals surface area contributed by atoms with Gasteiger partial charge < -0.3 is 0 Å². The van der Waals surface area contributed by atoms with Crippen LogP contribution in [0.3, 0.4) is 0 Å². The average molecular weight is 230 g/mol. The lowest BCUT2D eigenvalue weighted by Crippen LogP contribution is -2.59. The average Bonchev–Trinajstić information content (AvgIpc) is 2.38. The highest BCUT2D eigenvalue weighted by Crippen LogP contribution is 2.19. The molecular weight excluding hydrogens is 212 g/mol. The van der Waals surface area contributed by atoms with Crippen molar-refractivity contribution in [2.24, 2.45) is 0 Å². The maximum atomic E-state index is 11.9. The number of hydrogen-bond donors (Lipinski definition) is 0. The summed E-state index contributed by atoms with van der Waals surface area (Å²) in [6.07, 6.45) is 0.732. The van der Waals surface area contributed by atoms with Crippen LogP contribution in [0.2, 0.25) is 0 Å². The van der Waals surface area contributed by atoms with E-state index in [4.69, 9.17) is 0 Å². The molecule has 2 atom stereocenters. The second kappa shape index (κ2) is 4.59. The Hall–Kier alpha value is -1.19. The number of ketones is 1. The summed E-state index contributed by atoms with van der Waals surface area (Å²) in [6.45, 7) is 4.94. The van der Waals surface area contributed by atoms with Crippen molar-refractivity contribution in [1.29, 1.82) is 0 Å². The molecule has 2 unspecified atom stereocenters. The normalized spacial score (nSPS) is 29.3. The quantitative estimate of drug-likeness (QED) is 0.761. The Labute approximate surface area is 102 Å². The highest BCUT2D eigenvalue weighted by molar-refractivity contribution is 5.85. The molecule has 0 spiro atoms. The number of piperazine rings is 1. The summed E-state index contributed by atoms with van der Waals surface area (Å²) in [5.41, 5.74) is 1.30. The number of benzene rings is 1. The Bertz CT molecular complexity index is 404. The topological polar surface area (TPSA) is 23.6 Å². The van der Waals surface area contributed by atoms with Gasteiger partial charge >= 0.3 is 0 Å². The van der Waals surface area contributed by atoms with Crippen molar-refractivity contribution < 1.29 is 4.79 Å². The standard InChI is InChI=1S/C14H18N2O/c17-14-6-7-15-8-9-16(13(14)11-15)10-12-4-2-1-3-5-12/h1-5,13H,6-11H2. The number of fused-ring (bicyclic) bond motifs is 2. The molecule has 2 heterocycles. The van der Waals surface area contributed by atoms with Gasteiger partial charge in [0.2, 0.25) is 0 Å². The van der Waals surface area contributed by atoms with Gasteiger partial charge in [0.1, 0.15) is 0 Å². The van der Waals surface area contributed by atoms with E-state index in [-0.39, 0.29) is 6.04 Å². The van der Waals surface area contributed by atoms with Gasteiger partial charge in [-0.05, 0) is 5.56 Å². The fourth-order valence-corrected chi connectivity index (χ4v) is 2.83. The summed E-state index contributed by atoms with van der Waals surface area (Å²) in [4.78, 5) is 16.7. The van der Waals surface area contributed by atoms with Crippen molar-refractivity contribution in [1.82, 2.24) is 9.80 Å². The van der Waals surface area contributed by atoms with E-state index in [1.54, 1.807) is 0 Å². The maximum absolute atomic E-state index is 11.9. The highest BCUT2D eigenvalue weighted by atomic mass is 16.1. The number of hydrogen-bond acceptors (Lipinski definition) is 3. The molecule has 0 radical (unpaired) electrons. The van der Waals surface area contributed by atoms with Crippen LogP contribution in [0.15, 0.2) is 30.3 Å². The molecule has 0 saturated carbocycles. The highest BCUT2D eigenvalue weighted by Gasteiger charge is 2.35. The van der Waals surface area contributed by atoms with Crippen molar-refractivity contribution in [2.45, 2.75) is 19.0 Å². The van der Waals surface area contributed by atoms with Crippen LogP contribution in [0.1, 0.15) is 12.0 Å². The van der Waals surface area contributed by atoms with Crippen LogP contribution in [-0.2, 0) is 11.3 Å². The van der Waals surface area contributed by atoms with E-state index in [0.29, 0.717) is 5.78 Å². The van der Waals surface area contributed by atoms with Crippen molar-refractivity contribution in [3.8, 4) is 0 Å². The first-order chi connectivity index (χ1) is 8.33. The predicted octanol–water partition coefficient (Wildman–Crippen LogP) is 1.15. The van der Waals surface area contributed by atoms with Crippen molar-refractivity contribution in [2.75, 3.05) is 26.2 Å². The molecule has 1 aromatic carbocycles. The Kier molecular flexibility index (Phi) is 2.95. The Morgan fingerprint density at radius 3 is 2.76 bits per heavy atom. The predicted molar refractivity (Wildman–Crippen MR) is 66.7 cm³/mol. The Morgan fingerprint density at radius 2 is 1.94 bits per heavy atom. The minimum Gasteiger partial charge on any atom is -0.300 e. The van der Waals surface area contributed by atoms with E-state index in [1.807, 2.05) is 6.07 Å². The maximum Gasteiger partial charge on any atom is 0.152 e. The van der Waals surface area contributed by atoms with Gasteiger partial charge in [-0.15, -0.1) is 0 Å². The lowest BCUT2D eigenvalue weighted by atomic mass is 9.99. The molecule has 0 aliphatic carbocycles. The fourth-order valence-electron chi connectivity index (χ4n) is 2.83. The third-order valence-corrected chi connectivity index (χ3v) is 3.85. The molecule has 3 heteroatoms. The SMILES string of the molecule is O=C1CCN2CCN(Cc3ccccc3)C1C2. The molecule has 2 aliphatic rings. The van der Waals surface area contributed by atoms with Gasteiger partial charge in [0, 0.05) is 39.1 Å². The lowest BCUT2D eigenvalue weighted by molar-refractivity contribution is -0.131. The largest absolute Gasteiger partial charge is 0.300 e. The van der Waals surface area contributed by atoms with Gasteiger partial charge in [-0.25, -0.2) is 0 Å². The minimum atomic E-state index is 0.137. The first-order valence-corrected chi connectivity index (χ1v) is 6.36. The zero-order valence-electron chi connectivity index (χ0n) is 10.0. The summed E-state index contributed by atoms with van der Waals surface area (Å²) in [6, 6.07) is 10.6. The van der Waals surface area contributed by atoms with Gasteiger partial charge in [0.25, 0.3) is 0 Å². The molecule has 2 bridgehead atoms. The molecule has 0 amide bonds. The number of rotatable bonds is 2. The van der Waals surface area contributed by atoms with Crippen LogP contribution in [0.4, 0.5) is 0 Å². The zero-order chi connectivity index (χ0) is 11.7. The van der Waals surface area contributed by atoms with E-state index in [2.05, 4.69) is 34.1 Å². The van der Waals surface area contributed by atoms with Crippen LogP contribution < -0.4 is 0 Å². The molecule has 2 fully saturated rings. The van der Waals surface area contributed by atoms with Crippen LogP contribution in [0.5, 0.6) is 0 Å². The number of nitrogens with zero attached hydrogens (tertiary/aromatic N) is 2. The van der Waals surface area contributed by atoms with E-state index < -0.39 is 0 Å². The second-order valence-corrected chi connectivity index (χ2v) is 4.99. The first kappa shape index (κ1) is 10.9. The third kappa shape index (κ3) is 2.26. The smallest absolute Gasteiger partial charge is 0.152 e. The van der Waals surface area contributed by atoms with Crippen LogP contribution in [0.25, 0.3) is 0 Å². The molecule has 3 nitrogen and oxygen atoms in total. The minimum absolute atomic E-state index is 0.137. The third-order valence-electron chi connectivity index (χ3n) is 3.85. The summed E-state index contributed by atoms with van der Waals surface area (Å²) >= 11 is 0.